The van der Waals surface area contributed by atoms with Crippen LogP contribution in [0.5, 0.6) is 0 Å². The first kappa shape index (κ1) is 17.2. The number of aliphatic hydroxyl groups is 1. The van der Waals surface area contributed by atoms with Crippen LogP contribution in [0.1, 0.15) is 24.8 Å². The smallest absolute Gasteiger partial charge is 0.211 e. The Morgan fingerprint density at radius 1 is 1.36 bits per heavy atom. The Bertz CT molecular complexity index is 577. The largest absolute Gasteiger partial charge is 0.395 e. The first-order chi connectivity index (χ1) is 10.5. The summed E-state index contributed by atoms with van der Waals surface area (Å²) in [5, 5.41) is 12.0. The van der Waals surface area contributed by atoms with Gasteiger partial charge >= 0.3 is 0 Å². The zero-order valence-electron chi connectivity index (χ0n) is 13.0. The average molecular weight is 327 g/mol. The summed E-state index contributed by atoms with van der Waals surface area (Å²) in [5.41, 5.74) is 2.07. The molecule has 0 unspecified atom stereocenters. The monoisotopic (exact) mass is 327 g/mol. The first-order valence-corrected chi connectivity index (χ1v) is 9.57. The summed E-state index contributed by atoms with van der Waals surface area (Å²) in [5.74, 6) is 0.488. The molecule has 6 nitrogen and oxygen atoms in total. The van der Waals surface area contributed by atoms with Gasteiger partial charge in [-0.15, -0.1) is 0 Å². The van der Waals surface area contributed by atoms with Crippen LogP contribution in [0.15, 0.2) is 18.5 Å². The molecule has 1 aliphatic heterocycles. The van der Waals surface area contributed by atoms with Gasteiger partial charge in [0.1, 0.15) is 0 Å². The number of sulfonamides is 1. The van der Waals surface area contributed by atoms with Gasteiger partial charge in [-0.25, -0.2) is 12.7 Å². The Kier molecular flexibility index (Phi) is 6.16. The molecule has 0 aromatic carbocycles. The van der Waals surface area contributed by atoms with Crippen molar-refractivity contribution in [2.75, 3.05) is 37.8 Å². The minimum absolute atomic E-state index is 0.0914. The van der Waals surface area contributed by atoms with Crippen molar-refractivity contribution in [3.63, 3.8) is 0 Å². The van der Waals surface area contributed by atoms with Crippen molar-refractivity contribution in [1.29, 1.82) is 0 Å². The Labute approximate surface area is 132 Å². The fourth-order valence-electron chi connectivity index (χ4n) is 2.90. The zero-order valence-corrected chi connectivity index (χ0v) is 13.8. The molecule has 2 N–H and O–H groups in total. The molecule has 0 radical (unpaired) electrons. The summed E-state index contributed by atoms with van der Waals surface area (Å²) in [6, 6.07) is 2.06. The fraction of sp³-hybridized carbons (Fsp3) is 0.667. The SMILES string of the molecule is CS(=O)(=O)N1CCC[C@H](Cc2cncc(NCCO)c2)CC1. The quantitative estimate of drug-likeness (QED) is 0.817. The van der Waals surface area contributed by atoms with E-state index in [2.05, 4.69) is 16.4 Å². The fourth-order valence-corrected chi connectivity index (χ4v) is 3.80. The van der Waals surface area contributed by atoms with E-state index in [0.717, 1.165) is 36.9 Å². The molecular formula is C15H25N3O3S. The molecule has 124 valence electrons. The van der Waals surface area contributed by atoms with Crippen LogP contribution in [0, 0.1) is 5.92 Å². The van der Waals surface area contributed by atoms with Gasteiger partial charge in [0.15, 0.2) is 0 Å². The van der Waals surface area contributed by atoms with Gasteiger partial charge < -0.3 is 10.4 Å². The zero-order chi connectivity index (χ0) is 16.0. The summed E-state index contributed by atoms with van der Waals surface area (Å²) in [4.78, 5) is 4.23. The molecule has 1 fully saturated rings. The van der Waals surface area contributed by atoms with Gasteiger partial charge in [-0.1, -0.05) is 0 Å². The topological polar surface area (TPSA) is 82.5 Å². The second-order valence-corrected chi connectivity index (χ2v) is 7.88. The van der Waals surface area contributed by atoms with E-state index in [1.807, 2.05) is 6.20 Å². The summed E-state index contributed by atoms with van der Waals surface area (Å²) >= 11 is 0. The molecule has 2 heterocycles. The lowest BCUT2D eigenvalue weighted by molar-refractivity contribution is 0.311. The number of rotatable bonds is 6. The predicted molar refractivity (Wildman–Crippen MR) is 87.3 cm³/mol. The van der Waals surface area contributed by atoms with E-state index in [0.29, 0.717) is 25.6 Å². The van der Waals surface area contributed by atoms with E-state index in [1.54, 1.807) is 10.5 Å². The molecule has 0 amide bonds. The van der Waals surface area contributed by atoms with Gasteiger partial charge in [0, 0.05) is 32.0 Å². The summed E-state index contributed by atoms with van der Waals surface area (Å²) in [6.07, 6.45) is 8.66. The second-order valence-electron chi connectivity index (χ2n) is 5.90. The molecule has 1 aromatic heterocycles. The number of aromatic nitrogens is 1. The number of anilines is 1. The molecule has 2 rings (SSSR count). The molecule has 1 saturated heterocycles. The van der Waals surface area contributed by atoms with Gasteiger partial charge in [-0.3, -0.25) is 4.98 Å². The number of hydrogen-bond acceptors (Lipinski definition) is 5. The number of nitrogens with zero attached hydrogens (tertiary/aromatic N) is 2. The molecule has 1 atom stereocenters. The minimum Gasteiger partial charge on any atom is -0.395 e. The van der Waals surface area contributed by atoms with E-state index in [-0.39, 0.29) is 6.61 Å². The third-order valence-electron chi connectivity index (χ3n) is 4.04. The van der Waals surface area contributed by atoms with Crippen LogP contribution < -0.4 is 5.32 Å². The molecule has 0 aliphatic carbocycles. The Hall–Kier alpha value is -1.18. The molecule has 0 bridgehead atoms. The number of hydrogen-bond donors (Lipinski definition) is 2. The standard InChI is InChI=1S/C15H25N3O3S/c1-22(20,21)18-6-2-3-13(4-7-18)9-14-10-15(12-16-11-14)17-5-8-19/h10-13,17,19H,2-9H2,1H3/t13-/m0/s1. The summed E-state index contributed by atoms with van der Waals surface area (Å²) in [6.45, 7) is 1.84. The second kappa shape index (κ2) is 7.89. The van der Waals surface area contributed by atoms with Crippen molar-refractivity contribution in [2.45, 2.75) is 25.7 Å². The maximum absolute atomic E-state index is 11.6. The van der Waals surface area contributed by atoms with Crippen LogP contribution >= 0.6 is 0 Å². The van der Waals surface area contributed by atoms with Crippen LogP contribution in [0.2, 0.25) is 0 Å². The Balaban J connectivity index is 1.93. The maximum Gasteiger partial charge on any atom is 0.211 e. The summed E-state index contributed by atoms with van der Waals surface area (Å²) < 4.78 is 24.9. The normalized spacial score (nSPS) is 20.5. The van der Waals surface area contributed by atoms with Crippen molar-refractivity contribution in [2.24, 2.45) is 5.92 Å². The highest BCUT2D eigenvalue weighted by Crippen LogP contribution is 2.23. The Morgan fingerprint density at radius 3 is 2.91 bits per heavy atom. The van der Waals surface area contributed by atoms with Crippen molar-refractivity contribution < 1.29 is 13.5 Å². The van der Waals surface area contributed by atoms with Crippen LogP contribution in [-0.4, -0.2) is 55.3 Å². The number of nitrogens with one attached hydrogen (secondary N) is 1. The van der Waals surface area contributed by atoms with E-state index in [1.165, 1.54) is 6.26 Å². The molecule has 0 spiro atoms. The third kappa shape index (κ3) is 5.23. The minimum atomic E-state index is -3.08. The lowest BCUT2D eigenvalue weighted by Crippen LogP contribution is -2.30. The van der Waals surface area contributed by atoms with Crippen LogP contribution in [-0.2, 0) is 16.4 Å². The average Bonchev–Trinajstić information content (AvgIpc) is 2.71. The van der Waals surface area contributed by atoms with Crippen molar-refractivity contribution in [1.82, 2.24) is 9.29 Å². The van der Waals surface area contributed by atoms with Crippen LogP contribution in [0.3, 0.4) is 0 Å². The predicted octanol–water partition coefficient (Wildman–Crippen LogP) is 1.09. The van der Waals surface area contributed by atoms with Gasteiger partial charge in [-0.05, 0) is 43.2 Å². The molecule has 22 heavy (non-hydrogen) atoms. The van der Waals surface area contributed by atoms with Gasteiger partial charge in [0.25, 0.3) is 0 Å². The summed E-state index contributed by atoms with van der Waals surface area (Å²) in [7, 11) is -3.08. The van der Waals surface area contributed by atoms with Crippen molar-refractivity contribution >= 4 is 15.7 Å². The molecule has 1 aromatic rings. The molecular weight excluding hydrogens is 302 g/mol. The first-order valence-electron chi connectivity index (χ1n) is 7.73. The highest BCUT2D eigenvalue weighted by molar-refractivity contribution is 7.88. The number of pyridine rings is 1. The van der Waals surface area contributed by atoms with Crippen molar-refractivity contribution in [3.8, 4) is 0 Å². The maximum atomic E-state index is 11.6. The van der Waals surface area contributed by atoms with E-state index >= 15 is 0 Å². The lowest BCUT2D eigenvalue weighted by atomic mass is 9.93. The highest BCUT2D eigenvalue weighted by Gasteiger charge is 2.22. The van der Waals surface area contributed by atoms with Crippen LogP contribution in [0.25, 0.3) is 0 Å². The highest BCUT2D eigenvalue weighted by atomic mass is 32.2. The lowest BCUT2D eigenvalue weighted by Gasteiger charge is -2.17. The van der Waals surface area contributed by atoms with Crippen LogP contribution in [0.4, 0.5) is 5.69 Å². The third-order valence-corrected chi connectivity index (χ3v) is 5.34. The van der Waals surface area contributed by atoms with Gasteiger partial charge in [0.2, 0.25) is 10.0 Å². The van der Waals surface area contributed by atoms with E-state index in [9.17, 15) is 8.42 Å². The number of aliphatic hydroxyl groups excluding tert-OH is 1. The van der Waals surface area contributed by atoms with E-state index < -0.39 is 10.0 Å². The molecule has 7 heteroatoms. The molecule has 1 aliphatic rings. The van der Waals surface area contributed by atoms with Gasteiger partial charge in [-0.2, -0.15) is 0 Å². The molecule has 0 saturated carbocycles. The van der Waals surface area contributed by atoms with Gasteiger partial charge in [0.05, 0.1) is 18.6 Å². The van der Waals surface area contributed by atoms with Crippen molar-refractivity contribution in [3.05, 3.63) is 24.0 Å². The Morgan fingerprint density at radius 2 is 2.18 bits per heavy atom. The van der Waals surface area contributed by atoms with E-state index in [4.69, 9.17) is 5.11 Å².